The molecule has 2 aromatic rings. The predicted octanol–water partition coefficient (Wildman–Crippen LogP) is 3.16. The number of aromatic nitrogens is 2. The minimum atomic E-state index is 0.584. The van der Waals surface area contributed by atoms with Crippen molar-refractivity contribution in [2.45, 2.75) is 38.0 Å². The molecule has 1 heterocycles. The van der Waals surface area contributed by atoms with E-state index in [9.17, 15) is 0 Å². The number of fused-ring (bicyclic) bond motifs is 1. The van der Waals surface area contributed by atoms with E-state index in [1.54, 1.807) is 0 Å². The summed E-state index contributed by atoms with van der Waals surface area (Å²) >= 11 is 0. The average Bonchev–Trinajstić information content (AvgIpc) is 3.21. The first-order valence-corrected chi connectivity index (χ1v) is 7.35. The van der Waals surface area contributed by atoms with Gasteiger partial charge in [0.2, 0.25) is 0 Å². The van der Waals surface area contributed by atoms with E-state index < -0.39 is 0 Å². The van der Waals surface area contributed by atoms with Crippen molar-refractivity contribution < 1.29 is 0 Å². The van der Waals surface area contributed by atoms with Gasteiger partial charge in [0.1, 0.15) is 5.82 Å². The number of nitrogens with one attached hydrogen (secondary N) is 1. The Bertz CT molecular complexity index is 581. The maximum atomic E-state index is 4.85. The number of benzene rings is 1. The van der Waals surface area contributed by atoms with E-state index in [2.05, 4.69) is 42.1 Å². The van der Waals surface area contributed by atoms with Crippen LogP contribution in [0.25, 0.3) is 11.0 Å². The smallest absolute Gasteiger partial charge is 0.112 e. The normalized spacial score (nSPS) is 17.0. The van der Waals surface area contributed by atoms with Gasteiger partial charge < -0.3 is 9.88 Å². The zero-order valence-electron chi connectivity index (χ0n) is 12.1. The van der Waals surface area contributed by atoms with Crippen molar-refractivity contribution in [3.63, 3.8) is 0 Å². The standard InChI is InChI=1S/C16H23N3/c1-4-11(10-17-2)13-7-8-15-14(9-13)18-16(19(15)3)12-5-6-12/h7-9,11-12,17H,4-6,10H2,1-3H3. The highest BCUT2D eigenvalue weighted by Gasteiger charge is 2.28. The highest BCUT2D eigenvalue weighted by atomic mass is 15.1. The van der Waals surface area contributed by atoms with Crippen molar-refractivity contribution in [2.24, 2.45) is 7.05 Å². The third-order valence-electron chi connectivity index (χ3n) is 4.30. The molecule has 1 aromatic carbocycles. The van der Waals surface area contributed by atoms with Gasteiger partial charge in [-0.2, -0.15) is 0 Å². The Morgan fingerprint density at radius 2 is 2.21 bits per heavy atom. The van der Waals surface area contributed by atoms with E-state index in [4.69, 9.17) is 4.98 Å². The molecule has 1 aliphatic carbocycles. The molecule has 1 atom stereocenters. The van der Waals surface area contributed by atoms with E-state index in [0.29, 0.717) is 11.8 Å². The van der Waals surface area contributed by atoms with Crippen LogP contribution in [-0.2, 0) is 7.05 Å². The van der Waals surface area contributed by atoms with Crippen LogP contribution in [0.1, 0.15) is 49.4 Å². The van der Waals surface area contributed by atoms with E-state index >= 15 is 0 Å². The van der Waals surface area contributed by atoms with Crippen LogP contribution in [0.4, 0.5) is 0 Å². The lowest BCUT2D eigenvalue weighted by atomic mass is 9.96. The van der Waals surface area contributed by atoms with Gasteiger partial charge >= 0.3 is 0 Å². The van der Waals surface area contributed by atoms with Gasteiger partial charge in [0.05, 0.1) is 11.0 Å². The third-order valence-corrected chi connectivity index (χ3v) is 4.30. The number of hydrogen-bond donors (Lipinski definition) is 1. The maximum absolute atomic E-state index is 4.85. The molecule has 0 saturated heterocycles. The maximum Gasteiger partial charge on any atom is 0.112 e. The molecule has 0 radical (unpaired) electrons. The van der Waals surface area contributed by atoms with Crippen LogP contribution in [-0.4, -0.2) is 23.1 Å². The van der Waals surface area contributed by atoms with Crippen LogP contribution in [0.15, 0.2) is 18.2 Å². The zero-order chi connectivity index (χ0) is 13.4. The first-order chi connectivity index (χ1) is 9.24. The van der Waals surface area contributed by atoms with Crippen LogP contribution in [0.3, 0.4) is 0 Å². The number of nitrogens with zero attached hydrogens (tertiary/aromatic N) is 2. The van der Waals surface area contributed by atoms with E-state index in [1.165, 1.54) is 29.7 Å². The molecule has 0 spiro atoms. The van der Waals surface area contributed by atoms with E-state index in [1.807, 2.05) is 7.05 Å². The molecule has 1 unspecified atom stereocenters. The second-order valence-corrected chi connectivity index (χ2v) is 5.71. The van der Waals surface area contributed by atoms with E-state index in [-0.39, 0.29) is 0 Å². The Kier molecular flexibility index (Phi) is 3.31. The minimum Gasteiger partial charge on any atom is -0.331 e. The van der Waals surface area contributed by atoms with Crippen molar-refractivity contribution in [3.8, 4) is 0 Å². The highest BCUT2D eigenvalue weighted by Crippen LogP contribution is 2.40. The summed E-state index contributed by atoms with van der Waals surface area (Å²) < 4.78 is 2.27. The fraction of sp³-hybridized carbons (Fsp3) is 0.562. The van der Waals surface area contributed by atoms with Crippen LogP contribution in [0, 0.1) is 0 Å². The Hall–Kier alpha value is -1.35. The molecule has 1 saturated carbocycles. The van der Waals surface area contributed by atoms with Crippen molar-refractivity contribution in [3.05, 3.63) is 29.6 Å². The summed E-state index contributed by atoms with van der Waals surface area (Å²) in [5.41, 5.74) is 3.84. The van der Waals surface area contributed by atoms with Gasteiger partial charge in [0, 0.05) is 19.5 Å². The number of likely N-dealkylation sites (N-methyl/N-ethyl adjacent to an activating group) is 1. The number of hydrogen-bond acceptors (Lipinski definition) is 2. The Labute approximate surface area is 115 Å². The SMILES string of the molecule is CCC(CNC)c1ccc2c(c1)nc(C1CC1)n2C. The lowest BCUT2D eigenvalue weighted by Gasteiger charge is -2.14. The number of imidazole rings is 1. The Morgan fingerprint density at radius 3 is 2.84 bits per heavy atom. The molecule has 1 aromatic heterocycles. The highest BCUT2D eigenvalue weighted by molar-refractivity contribution is 5.77. The molecule has 19 heavy (non-hydrogen) atoms. The Balaban J connectivity index is 2.00. The summed E-state index contributed by atoms with van der Waals surface area (Å²) in [6.45, 7) is 3.28. The molecular weight excluding hydrogens is 234 g/mol. The van der Waals surface area contributed by atoms with Crippen LogP contribution in [0.5, 0.6) is 0 Å². The molecule has 3 heteroatoms. The number of rotatable bonds is 5. The summed E-state index contributed by atoms with van der Waals surface area (Å²) in [4.78, 5) is 4.85. The molecule has 0 bridgehead atoms. The lowest BCUT2D eigenvalue weighted by molar-refractivity contribution is 0.612. The first kappa shape index (κ1) is 12.7. The number of aryl methyl sites for hydroxylation is 1. The predicted molar refractivity (Wildman–Crippen MR) is 79.6 cm³/mol. The molecule has 0 amide bonds. The monoisotopic (exact) mass is 257 g/mol. The van der Waals surface area contributed by atoms with Crippen molar-refractivity contribution in [1.29, 1.82) is 0 Å². The van der Waals surface area contributed by atoms with Gasteiger partial charge in [-0.25, -0.2) is 4.98 Å². The van der Waals surface area contributed by atoms with Crippen LogP contribution >= 0.6 is 0 Å². The quantitative estimate of drug-likeness (QED) is 0.891. The molecule has 1 aliphatic rings. The second-order valence-electron chi connectivity index (χ2n) is 5.71. The summed E-state index contributed by atoms with van der Waals surface area (Å²) in [6, 6.07) is 6.79. The topological polar surface area (TPSA) is 29.9 Å². The summed E-state index contributed by atoms with van der Waals surface area (Å²) in [5.74, 6) is 2.56. The van der Waals surface area contributed by atoms with Gasteiger partial charge in [-0.3, -0.25) is 0 Å². The van der Waals surface area contributed by atoms with Crippen LogP contribution in [0.2, 0.25) is 0 Å². The Morgan fingerprint density at radius 1 is 1.42 bits per heavy atom. The van der Waals surface area contributed by atoms with Crippen molar-refractivity contribution >= 4 is 11.0 Å². The third kappa shape index (κ3) is 2.27. The van der Waals surface area contributed by atoms with Crippen molar-refractivity contribution in [2.75, 3.05) is 13.6 Å². The van der Waals surface area contributed by atoms with E-state index in [0.717, 1.165) is 18.5 Å². The van der Waals surface area contributed by atoms with Gasteiger partial charge in [-0.05, 0) is 49.9 Å². The molecule has 102 valence electrons. The first-order valence-electron chi connectivity index (χ1n) is 7.35. The lowest BCUT2D eigenvalue weighted by Crippen LogP contribution is -2.16. The van der Waals surface area contributed by atoms with Gasteiger partial charge in [-0.15, -0.1) is 0 Å². The molecule has 0 aliphatic heterocycles. The van der Waals surface area contributed by atoms with Gasteiger partial charge in [0.15, 0.2) is 0 Å². The molecule has 3 nitrogen and oxygen atoms in total. The zero-order valence-corrected chi connectivity index (χ0v) is 12.1. The summed E-state index contributed by atoms with van der Waals surface area (Å²) in [5, 5.41) is 3.28. The average molecular weight is 257 g/mol. The fourth-order valence-electron chi connectivity index (χ4n) is 2.94. The molecule has 1 N–H and O–H groups in total. The fourth-order valence-corrected chi connectivity index (χ4v) is 2.94. The molecule has 3 rings (SSSR count). The second kappa shape index (κ2) is 4.97. The summed E-state index contributed by atoms with van der Waals surface area (Å²) in [7, 11) is 4.17. The van der Waals surface area contributed by atoms with Gasteiger partial charge in [-0.1, -0.05) is 13.0 Å². The largest absolute Gasteiger partial charge is 0.331 e. The van der Waals surface area contributed by atoms with Crippen molar-refractivity contribution in [1.82, 2.24) is 14.9 Å². The minimum absolute atomic E-state index is 0.584. The molecular formula is C16H23N3. The summed E-state index contributed by atoms with van der Waals surface area (Å²) in [6.07, 6.45) is 3.78. The van der Waals surface area contributed by atoms with Gasteiger partial charge in [0.25, 0.3) is 0 Å². The molecule has 1 fully saturated rings. The van der Waals surface area contributed by atoms with Crippen LogP contribution < -0.4 is 5.32 Å².